The molecule has 0 bridgehead atoms. The Morgan fingerprint density at radius 1 is 0.963 bits per heavy atom. The molecular formula is C22H32N2O3. The van der Waals surface area contributed by atoms with Crippen molar-refractivity contribution in [2.45, 2.75) is 32.2 Å². The van der Waals surface area contributed by atoms with Crippen LogP contribution >= 0.6 is 0 Å². The van der Waals surface area contributed by atoms with Gasteiger partial charge in [-0.05, 0) is 67.8 Å². The van der Waals surface area contributed by atoms with E-state index in [4.69, 9.17) is 14.2 Å². The van der Waals surface area contributed by atoms with E-state index in [1.54, 1.807) is 0 Å². The molecule has 5 rings (SSSR count). The molecule has 0 amide bonds. The van der Waals surface area contributed by atoms with Crippen molar-refractivity contribution in [3.63, 3.8) is 0 Å². The van der Waals surface area contributed by atoms with Crippen molar-refractivity contribution in [2.24, 2.45) is 17.8 Å². The van der Waals surface area contributed by atoms with Crippen LogP contribution in [0.2, 0.25) is 0 Å². The average molecular weight is 373 g/mol. The molecule has 1 aromatic carbocycles. The van der Waals surface area contributed by atoms with E-state index in [0.717, 1.165) is 49.0 Å². The van der Waals surface area contributed by atoms with Gasteiger partial charge in [0.15, 0.2) is 11.5 Å². The summed E-state index contributed by atoms with van der Waals surface area (Å²) in [4.78, 5) is 5.19. The highest BCUT2D eigenvalue weighted by Crippen LogP contribution is 2.52. The number of benzene rings is 1. The van der Waals surface area contributed by atoms with E-state index in [9.17, 15) is 0 Å². The van der Waals surface area contributed by atoms with Gasteiger partial charge in [-0.1, -0.05) is 12.5 Å². The largest absolute Gasteiger partial charge is 0.454 e. The van der Waals surface area contributed by atoms with Gasteiger partial charge in [-0.2, -0.15) is 0 Å². The van der Waals surface area contributed by atoms with Crippen molar-refractivity contribution >= 4 is 0 Å². The molecule has 0 radical (unpaired) electrons. The summed E-state index contributed by atoms with van der Waals surface area (Å²) in [5, 5.41) is 0. The van der Waals surface area contributed by atoms with Crippen LogP contribution in [0, 0.1) is 17.8 Å². The second kappa shape index (κ2) is 7.98. The van der Waals surface area contributed by atoms with Crippen LogP contribution < -0.4 is 9.47 Å². The van der Waals surface area contributed by atoms with Crippen LogP contribution in [0.4, 0.5) is 0 Å². The van der Waals surface area contributed by atoms with Gasteiger partial charge in [-0.3, -0.25) is 4.90 Å². The SMILES string of the molecule is c1cc2c(cc1CN1C[C@@H]3[C@H](COCCCN4CCCCC4)[C@@H]3C1)OCO2. The molecule has 5 nitrogen and oxygen atoms in total. The first kappa shape index (κ1) is 17.8. The first-order valence-electron chi connectivity index (χ1n) is 10.8. The zero-order chi connectivity index (χ0) is 18.1. The molecule has 1 aromatic rings. The quantitative estimate of drug-likeness (QED) is 0.656. The van der Waals surface area contributed by atoms with Crippen molar-refractivity contribution in [2.75, 3.05) is 52.7 Å². The Bertz CT molecular complexity index is 634. The van der Waals surface area contributed by atoms with Gasteiger partial charge in [0, 0.05) is 32.8 Å². The summed E-state index contributed by atoms with van der Waals surface area (Å²) in [6, 6.07) is 6.34. The normalized spacial score (nSPS) is 29.9. The van der Waals surface area contributed by atoms with Crippen LogP contribution in [-0.2, 0) is 11.3 Å². The Balaban J connectivity index is 0.974. The molecule has 4 aliphatic rings. The second-order valence-corrected chi connectivity index (χ2v) is 8.70. The van der Waals surface area contributed by atoms with Crippen molar-refractivity contribution in [1.82, 2.24) is 9.80 Å². The molecule has 3 heterocycles. The molecule has 5 heteroatoms. The van der Waals surface area contributed by atoms with Crippen LogP contribution in [0.15, 0.2) is 18.2 Å². The molecule has 0 unspecified atom stereocenters. The second-order valence-electron chi connectivity index (χ2n) is 8.70. The molecule has 2 saturated heterocycles. The lowest BCUT2D eigenvalue weighted by Crippen LogP contribution is -2.31. The monoisotopic (exact) mass is 372 g/mol. The maximum Gasteiger partial charge on any atom is 0.231 e. The van der Waals surface area contributed by atoms with Crippen molar-refractivity contribution in [3.05, 3.63) is 23.8 Å². The van der Waals surface area contributed by atoms with Crippen LogP contribution in [0.25, 0.3) is 0 Å². The van der Waals surface area contributed by atoms with Crippen LogP contribution in [0.1, 0.15) is 31.2 Å². The third-order valence-electron chi connectivity index (χ3n) is 6.81. The van der Waals surface area contributed by atoms with E-state index in [2.05, 4.69) is 21.9 Å². The Hall–Kier alpha value is -1.30. The van der Waals surface area contributed by atoms with E-state index in [1.807, 2.05) is 6.07 Å². The minimum atomic E-state index is 0.354. The van der Waals surface area contributed by atoms with Gasteiger partial charge in [0.25, 0.3) is 0 Å². The third-order valence-corrected chi connectivity index (χ3v) is 6.81. The first-order valence-corrected chi connectivity index (χ1v) is 10.8. The summed E-state index contributed by atoms with van der Waals surface area (Å²) in [6.45, 7) is 9.56. The number of nitrogens with zero attached hydrogens (tertiary/aromatic N) is 2. The summed E-state index contributed by atoms with van der Waals surface area (Å²) < 4.78 is 16.9. The minimum Gasteiger partial charge on any atom is -0.454 e. The van der Waals surface area contributed by atoms with E-state index < -0.39 is 0 Å². The van der Waals surface area contributed by atoms with E-state index >= 15 is 0 Å². The standard InChI is InChI=1S/C22H32N2O3/c1-2-7-23(8-3-1)9-4-10-25-15-20-18-13-24(14-19(18)20)12-17-5-6-21-22(11-17)27-16-26-21/h5-6,11,18-20H,1-4,7-10,12-16H2/t18-,19+,20-. The molecule has 0 spiro atoms. The highest BCUT2D eigenvalue weighted by atomic mass is 16.7. The zero-order valence-electron chi connectivity index (χ0n) is 16.3. The number of piperidine rings is 2. The highest BCUT2D eigenvalue weighted by molar-refractivity contribution is 5.44. The van der Waals surface area contributed by atoms with Crippen molar-refractivity contribution in [1.29, 1.82) is 0 Å². The van der Waals surface area contributed by atoms with E-state index in [0.29, 0.717) is 6.79 Å². The smallest absolute Gasteiger partial charge is 0.231 e. The number of fused-ring (bicyclic) bond motifs is 2. The average Bonchev–Trinajstić information content (AvgIpc) is 3.05. The Morgan fingerprint density at radius 2 is 1.78 bits per heavy atom. The fourth-order valence-corrected chi connectivity index (χ4v) is 5.20. The maximum absolute atomic E-state index is 6.01. The molecule has 1 aliphatic carbocycles. The summed E-state index contributed by atoms with van der Waals surface area (Å²) in [5.41, 5.74) is 1.33. The van der Waals surface area contributed by atoms with Gasteiger partial charge in [0.05, 0.1) is 6.61 Å². The lowest BCUT2D eigenvalue weighted by molar-refractivity contribution is 0.0967. The van der Waals surface area contributed by atoms with Gasteiger partial charge < -0.3 is 19.1 Å². The summed E-state index contributed by atoms with van der Waals surface area (Å²) in [7, 11) is 0. The molecule has 0 N–H and O–H groups in total. The Morgan fingerprint density at radius 3 is 2.63 bits per heavy atom. The number of ether oxygens (including phenoxy) is 3. The summed E-state index contributed by atoms with van der Waals surface area (Å²) in [5.74, 6) is 4.31. The maximum atomic E-state index is 6.01. The number of rotatable bonds is 8. The molecule has 148 valence electrons. The van der Waals surface area contributed by atoms with E-state index in [1.165, 1.54) is 64.0 Å². The van der Waals surface area contributed by atoms with Crippen LogP contribution in [-0.4, -0.2) is 62.5 Å². The predicted molar refractivity (Wildman–Crippen MR) is 104 cm³/mol. The zero-order valence-corrected chi connectivity index (χ0v) is 16.3. The number of likely N-dealkylation sites (tertiary alicyclic amines) is 2. The first-order chi connectivity index (χ1) is 13.4. The molecule has 3 aliphatic heterocycles. The van der Waals surface area contributed by atoms with Gasteiger partial charge in [0.2, 0.25) is 6.79 Å². The molecule has 27 heavy (non-hydrogen) atoms. The molecule has 0 aromatic heterocycles. The van der Waals surface area contributed by atoms with Gasteiger partial charge >= 0.3 is 0 Å². The van der Waals surface area contributed by atoms with Gasteiger partial charge in [0.1, 0.15) is 0 Å². The van der Waals surface area contributed by atoms with Crippen molar-refractivity contribution in [3.8, 4) is 11.5 Å². The fourth-order valence-electron chi connectivity index (χ4n) is 5.20. The lowest BCUT2D eigenvalue weighted by atomic mass is 10.1. The van der Waals surface area contributed by atoms with Gasteiger partial charge in [-0.15, -0.1) is 0 Å². The fraction of sp³-hybridized carbons (Fsp3) is 0.727. The van der Waals surface area contributed by atoms with Crippen LogP contribution in [0.5, 0.6) is 11.5 Å². The Labute approximate surface area is 162 Å². The van der Waals surface area contributed by atoms with E-state index in [-0.39, 0.29) is 0 Å². The molecule has 1 saturated carbocycles. The third kappa shape index (κ3) is 4.10. The topological polar surface area (TPSA) is 34.2 Å². The Kier molecular flexibility index (Phi) is 5.25. The summed E-state index contributed by atoms with van der Waals surface area (Å²) >= 11 is 0. The molecule has 3 atom stereocenters. The van der Waals surface area contributed by atoms with Gasteiger partial charge in [-0.25, -0.2) is 0 Å². The highest BCUT2D eigenvalue weighted by Gasteiger charge is 2.55. The van der Waals surface area contributed by atoms with Crippen molar-refractivity contribution < 1.29 is 14.2 Å². The lowest BCUT2D eigenvalue weighted by Gasteiger charge is -2.26. The minimum absolute atomic E-state index is 0.354. The number of hydrogen-bond donors (Lipinski definition) is 0. The predicted octanol–water partition coefficient (Wildman–Crippen LogP) is 2.99. The van der Waals surface area contributed by atoms with Crippen LogP contribution in [0.3, 0.4) is 0 Å². The summed E-state index contributed by atoms with van der Waals surface area (Å²) in [6.07, 6.45) is 5.38. The molecular weight excluding hydrogens is 340 g/mol. The molecule has 3 fully saturated rings. The number of hydrogen-bond acceptors (Lipinski definition) is 5.